The van der Waals surface area contributed by atoms with Crippen LogP contribution < -0.4 is 10.1 Å². The lowest BCUT2D eigenvalue weighted by Gasteiger charge is -2.18. The molecule has 1 atom stereocenters. The van der Waals surface area contributed by atoms with Crippen LogP contribution in [0.4, 0.5) is 0 Å². The van der Waals surface area contributed by atoms with Crippen molar-refractivity contribution < 1.29 is 9.53 Å². The Hall–Kier alpha value is -1.51. The van der Waals surface area contributed by atoms with E-state index in [4.69, 9.17) is 4.74 Å². The van der Waals surface area contributed by atoms with Gasteiger partial charge in [-0.2, -0.15) is 0 Å². The number of amides is 1. The van der Waals surface area contributed by atoms with Crippen molar-refractivity contribution in [2.24, 2.45) is 5.92 Å². The van der Waals surface area contributed by atoms with Crippen molar-refractivity contribution in [2.45, 2.75) is 40.2 Å². The highest BCUT2D eigenvalue weighted by molar-refractivity contribution is 5.81. The molecule has 0 spiro atoms. The van der Waals surface area contributed by atoms with Crippen molar-refractivity contribution in [3.8, 4) is 5.75 Å². The summed E-state index contributed by atoms with van der Waals surface area (Å²) in [6, 6.07) is 7.76. The Morgan fingerprint density at radius 1 is 1.39 bits per heavy atom. The number of ether oxygens (including phenoxy) is 1. The molecule has 100 valence electrons. The Kier molecular flexibility index (Phi) is 5.69. The number of nitrogens with one attached hydrogen (secondary N) is 1. The van der Waals surface area contributed by atoms with Gasteiger partial charge in [-0.3, -0.25) is 4.79 Å². The number of carbonyl (C=O) groups is 1. The second-order valence-electron chi connectivity index (χ2n) is 4.97. The van der Waals surface area contributed by atoms with E-state index in [1.54, 1.807) is 0 Å². The van der Waals surface area contributed by atoms with Crippen LogP contribution in [-0.2, 0) is 4.79 Å². The molecule has 3 nitrogen and oxygen atoms in total. The summed E-state index contributed by atoms with van der Waals surface area (Å²) in [5.41, 5.74) is 1.13. The van der Waals surface area contributed by atoms with Crippen LogP contribution in [0.5, 0.6) is 5.75 Å². The number of rotatable bonds is 6. The molecular formula is C15H23NO2. The van der Waals surface area contributed by atoms with Crippen LogP contribution in [0.2, 0.25) is 0 Å². The molecule has 0 unspecified atom stereocenters. The molecule has 0 heterocycles. The summed E-state index contributed by atoms with van der Waals surface area (Å²) in [4.78, 5) is 11.9. The molecule has 1 N–H and O–H groups in total. The number of aryl methyl sites for hydroxylation is 1. The molecule has 0 saturated carbocycles. The first kappa shape index (κ1) is 14.6. The molecule has 1 rings (SSSR count). The van der Waals surface area contributed by atoms with E-state index in [2.05, 4.69) is 19.2 Å². The van der Waals surface area contributed by atoms with E-state index in [9.17, 15) is 4.79 Å². The molecule has 0 aliphatic carbocycles. The molecule has 0 saturated heterocycles. The summed E-state index contributed by atoms with van der Waals surface area (Å²) in [5, 5.41) is 2.90. The normalized spacial score (nSPS) is 12.3. The fraction of sp³-hybridized carbons (Fsp3) is 0.533. The van der Waals surface area contributed by atoms with E-state index >= 15 is 0 Å². The van der Waals surface area contributed by atoms with E-state index in [0.717, 1.165) is 11.3 Å². The molecule has 0 bridgehead atoms. The van der Waals surface area contributed by atoms with Gasteiger partial charge in [0.2, 0.25) is 0 Å². The Morgan fingerprint density at radius 2 is 2.11 bits per heavy atom. The van der Waals surface area contributed by atoms with Gasteiger partial charge in [-0.05, 0) is 37.0 Å². The maximum absolute atomic E-state index is 11.9. The quantitative estimate of drug-likeness (QED) is 0.841. The van der Waals surface area contributed by atoms with Gasteiger partial charge in [0.1, 0.15) is 5.75 Å². The molecule has 18 heavy (non-hydrogen) atoms. The molecule has 0 aromatic heterocycles. The third-order valence-corrected chi connectivity index (χ3v) is 2.62. The summed E-state index contributed by atoms with van der Waals surface area (Å²) in [6.07, 6.45) is 0.253. The Balaban J connectivity index is 2.58. The van der Waals surface area contributed by atoms with Gasteiger partial charge in [-0.15, -0.1) is 0 Å². The van der Waals surface area contributed by atoms with Gasteiger partial charge >= 0.3 is 0 Å². The first-order valence-electron chi connectivity index (χ1n) is 6.54. The van der Waals surface area contributed by atoms with Crippen LogP contribution in [0, 0.1) is 12.8 Å². The molecule has 3 heteroatoms. The third kappa shape index (κ3) is 4.78. The van der Waals surface area contributed by atoms with Crippen LogP contribution in [0.15, 0.2) is 24.3 Å². The van der Waals surface area contributed by atoms with Crippen LogP contribution in [0.3, 0.4) is 0 Å². The predicted molar refractivity (Wildman–Crippen MR) is 73.7 cm³/mol. The Morgan fingerprint density at radius 3 is 2.67 bits per heavy atom. The summed E-state index contributed by atoms with van der Waals surface area (Å²) >= 11 is 0. The van der Waals surface area contributed by atoms with E-state index in [-0.39, 0.29) is 5.91 Å². The lowest BCUT2D eigenvalue weighted by Crippen LogP contribution is -2.39. The number of benzene rings is 1. The highest BCUT2D eigenvalue weighted by Crippen LogP contribution is 2.15. The van der Waals surface area contributed by atoms with Crippen LogP contribution in [0.25, 0.3) is 0 Å². The van der Waals surface area contributed by atoms with E-state index in [1.165, 1.54) is 0 Å². The summed E-state index contributed by atoms with van der Waals surface area (Å²) in [5.74, 6) is 1.17. The first-order chi connectivity index (χ1) is 8.52. The van der Waals surface area contributed by atoms with Gasteiger partial charge in [0.15, 0.2) is 6.10 Å². The summed E-state index contributed by atoms with van der Waals surface area (Å²) in [6.45, 7) is 8.79. The van der Waals surface area contributed by atoms with Crippen LogP contribution >= 0.6 is 0 Å². The zero-order chi connectivity index (χ0) is 13.5. The van der Waals surface area contributed by atoms with Gasteiger partial charge in [-0.25, -0.2) is 0 Å². The molecular weight excluding hydrogens is 226 g/mol. The fourth-order valence-corrected chi connectivity index (χ4v) is 1.59. The van der Waals surface area contributed by atoms with Gasteiger partial charge in [0, 0.05) is 6.54 Å². The smallest absolute Gasteiger partial charge is 0.261 e. The minimum atomic E-state index is -0.412. The molecule has 1 aromatic rings. The molecule has 0 aliphatic rings. The van der Waals surface area contributed by atoms with Crippen molar-refractivity contribution in [3.05, 3.63) is 29.8 Å². The second kappa shape index (κ2) is 7.04. The van der Waals surface area contributed by atoms with Gasteiger partial charge < -0.3 is 10.1 Å². The van der Waals surface area contributed by atoms with Crippen LogP contribution in [-0.4, -0.2) is 18.6 Å². The monoisotopic (exact) mass is 249 g/mol. The lowest BCUT2D eigenvalue weighted by atomic mass is 10.2. The average molecular weight is 249 g/mol. The first-order valence-corrected chi connectivity index (χ1v) is 6.54. The van der Waals surface area contributed by atoms with Gasteiger partial charge in [0.25, 0.3) is 5.91 Å². The molecule has 1 aromatic carbocycles. The number of hydrogen-bond acceptors (Lipinski definition) is 2. The third-order valence-electron chi connectivity index (χ3n) is 2.62. The van der Waals surface area contributed by atoms with Crippen molar-refractivity contribution in [3.63, 3.8) is 0 Å². The average Bonchev–Trinajstić information content (AvgIpc) is 2.33. The zero-order valence-electron chi connectivity index (χ0n) is 11.7. The van der Waals surface area contributed by atoms with E-state index in [1.807, 2.05) is 38.1 Å². The topological polar surface area (TPSA) is 38.3 Å². The zero-order valence-corrected chi connectivity index (χ0v) is 11.7. The Bertz CT molecular complexity index is 388. The van der Waals surface area contributed by atoms with Gasteiger partial charge in [0.05, 0.1) is 0 Å². The van der Waals surface area contributed by atoms with E-state index < -0.39 is 6.10 Å². The maximum atomic E-state index is 11.9. The minimum Gasteiger partial charge on any atom is -0.481 e. The highest BCUT2D eigenvalue weighted by Gasteiger charge is 2.18. The SMILES string of the molecule is CC[C@H](Oc1cccc(C)c1)C(=O)NCC(C)C. The summed E-state index contributed by atoms with van der Waals surface area (Å²) in [7, 11) is 0. The van der Waals surface area contributed by atoms with Crippen LogP contribution in [0.1, 0.15) is 32.8 Å². The van der Waals surface area contributed by atoms with Crippen molar-refractivity contribution in [2.75, 3.05) is 6.54 Å². The Labute approximate surface area is 110 Å². The molecule has 0 aliphatic heterocycles. The maximum Gasteiger partial charge on any atom is 0.261 e. The molecule has 0 radical (unpaired) electrons. The molecule has 1 amide bonds. The minimum absolute atomic E-state index is 0.0345. The largest absolute Gasteiger partial charge is 0.481 e. The number of carbonyl (C=O) groups excluding carboxylic acids is 1. The summed E-state index contributed by atoms with van der Waals surface area (Å²) < 4.78 is 5.73. The number of hydrogen-bond donors (Lipinski definition) is 1. The predicted octanol–water partition coefficient (Wildman–Crippen LogP) is 2.92. The van der Waals surface area contributed by atoms with Gasteiger partial charge in [-0.1, -0.05) is 32.9 Å². The van der Waals surface area contributed by atoms with Crippen molar-refractivity contribution in [1.82, 2.24) is 5.32 Å². The highest BCUT2D eigenvalue weighted by atomic mass is 16.5. The second-order valence-corrected chi connectivity index (χ2v) is 4.97. The van der Waals surface area contributed by atoms with Crippen molar-refractivity contribution in [1.29, 1.82) is 0 Å². The fourth-order valence-electron chi connectivity index (χ4n) is 1.59. The standard InChI is InChI=1S/C15H23NO2/c1-5-14(15(17)16-10-11(2)3)18-13-8-6-7-12(4)9-13/h6-9,11,14H,5,10H2,1-4H3,(H,16,17)/t14-/m0/s1. The lowest BCUT2D eigenvalue weighted by molar-refractivity contribution is -0.128. The van der Waals surface area contributed by atoms with E-state index in [0.29, 0.717) is 18.9 Å². The molecule has 0 fully saturated rings. The van der Waals surface area contributed by atoms with Crippen molar-refractivity contribution >= 4 is 5.91 Å².